The second-order valence-corrected chi connectivity index (χ2v) is 4.88. The van der Waals surface area contributed by atoms with Crippen LogP contribution < -0.4 is 10.5 Å². The fraction of sp³-hybridized carbons (Fsp3) is 0.538. The van der Waals surface area contributed by atoms with E-state index in [1.165, 1.54) is 12.1 Å². The van der Waals surface area contributed by atoms with Gasteiger partial charge in [-0.15, -0.1) is 0 Å². The predicted octanol–water partition coefficient (Wildman–Crippen LogP) is 2.89. The van der Waals surface area contributed by atoms with Crippen LogP contribution in [0, 0.1) is 18.2 Å². The molecular formula is C13H20FNO. The van der Waals surface area contributed by atoms with Crippen molar-refractivity contribution in [3.8, 4) is 5.75 Å². The van der Waals surface area contributed by atoms with Gasteiger partial charge in [0.15, 0.2) is 0 Å². The van der Waals surface area contributed by atoms with E-state index in [1.54, 1.807) is 6.07 Å². The molecule has 0 bridgehead atoms. The first-order valence-electron chi connectivity index (χ1n) is 5.54. The van der Waals surface area contributed by atoms with Gasteiger partial charge in [0.2, 0.25) is 0 Å². The lowest BCUT2D eigenvalue weighted by molar-refractivity contribution is 0.232. The Kier molecular flexibility index (Phi) is 4.30. The van der Waals surface area contributed by atoms with Crippen molar-refractivity contribution in [2.45, 2.75) is 27.2 Å². The molecule has 1 aromatic carbocycles. The maximum Gasteiger partial charge on any atom is 0.123 e. The molecule has 0 saturated carbocycles. The maximum atomic E-state index is 12.8. The van der Waals surface area contributed by atoms with Gasteiger partial charge in [-0.25, -0.2) is 4.39 Å². The highest BCUT2D eigenvalue weighted by Crippen LogP contribution is 2.22. The molecule has 2 nitrogen and oxygen atoms in total. The van der Waals surface area contributed by atoms with Crippen molar-refractivity contribution in [3.05, 3.63) is 29.6 Å². The summed E-state index contributed by atoms with van der Waals surface area (Å²) in [5.74, 6) is 0.515. The first-order valence-corrected chi connectivity index (χ1v) is 5.54. The van der Waals surface area contributed by atoms with Crippen molar-refractivity contribution in [2.24, 2.45) is 11.1 Å². The second-order valence-electron chi connectivity index (χ2n) is 4.88. The molecule has 1 aromatic rings. The summed E-state index contributed by atoms with van der Waals surface area (Å²) < 4.78 is 18.4. The van der Waals surface area contributed by atoms with E-state index in [0.717, 1.165) is 17.7 Å². The van der Waals surface area contributed by atoms with E-state index >= 15 is 0 Å². The third-order valence-corrected chi connectivity index (χ3v) is 2.73. The van der Waals surface area contributed by atoms with Crippen LogP contribution in [0.2, 0.25) is 0 Å². The molecule has 0 atom stereocenters. The molecule has 0 aliphatic heterocycles. The Hall–Kier alpha value is -1.09. The molecule has 0 unspecified atom stereocenters. The molecule has 0 spiro atoms. The smallest absolute Gasteiger partial charge is 0.123 e. The molecule has 1 rings (SSSR count). The fourth-order valence-corrected chi connectivity index (χ4v) is 1.31. The quantitative estimate of drug-likeness (QED) is 0.836. The van der Waals surface area contributed by atoms with Crippen LogP contribution in [0.1, 0.15) is 25.8 Å². The molecule has 16 heavy (non-hydrogen) atoms. The second kappa shape index (κ2) is 5.30. The van der Waals surface area contributed by atoms with E-state index in [4.69, 9.17) is 10.5 Å². The first-order chi connectivity index (χ1) is 7.44. The van der Waals surface area contributed by atoms with E-state index < -0.39 is 0 Å². The molecule has 3 heteroatoms. The van der Waals surface area contributed by atoms with Crippen LogP contribution in [0.4, 0.5) is 4.39 Å². The summed E-state index contributed by atoms with van der Waals surface area (Å²) in [5, 5.41) is 0. The van der Waals surface area contributed by atoms with E-state index in [-0.39, 0.29) is 11.2 Å². The minimum absolute atomic E-state index is 0.0912. The van der Waals surface area contributed by atoms with Crippen molar-refractivity contribution in [3.63, 3.8) is 0 Å². The van der Waals surface area contributed by atoms with E-state index in [9.17, 15) is 4.39 Å². The normalized spacial score (nSPS) is 11.6. The Labute approximate surface area is 96.6 Å². The van der Waals surface area contributed by atoms with Crippen LogP contribution in [-0.4, -0.2) is 13.2 Å². The highest BCUT2D eigenvalue weighted by atomic mass is 19.1. The molecule has 0 aliphatic rings. The Morgan fingerprint density at radius 3 is 2.62 bits per heavy atom. The zero-order valence-electron chi connectivity index (χ0n) is 10.2. The average Bonchev–Trinajstić information content (AvgIpc) is 2.21. The summed E-state index contributed by atoms with van der Waals surface area (Å²) in [6.45, 7) is 7.30. The Balaban J connectivity index is 2.49. The van der Waals surface area contributed by atoms with E-state index in [1.807, 2.05) is 6.92 Å². The molecule has 0 fully saturated rings. The number of benzene rings is 1. The zero-order chi connectivity index (χ0) is 12.2. The molecule has 0 aromatic heterocycles. The lowest BCUT2D eigenvalue weighted by Crippen LogP contribution is -2.25. The standard InChI is InChI=1S/C13H20FNO/c1-10-8-11(14)4-5-12(10)16-7-6-13(2,3)9-15/h4-5,8H,6-7,9,15H2,1-3H3. The molecular weight excluding hydrogens is 205 g/mol. The Bertz CT molecular complexity index is 350. The number of halogens is 1. The lowest BCUT2D eigenvalue weighted by Gasteiger charge is -2.22. The summed E-state index contributed by atoms with van der Waals surface area (Å²) in [7, 11) is 0. The van der Waals surface area contributed by atoms with Crippen molar-refractivity contribution >= 4 is 0 Å². The fourth-order valence-electron chi connectivity index (χ4n) is 1.31. The number of ether oxygens (including phenoxy) is 1. The highest BCUT2D eigenvalue weighted by Gasteiger charge is 2.15. The zero-order valence-corrected chi connectivity index (χ0v) is 10.2. The minimum Gasteiger partial charge on any atom is -0.493 e. The van der Waals surface area contributed by atoms with Gasteiger partial charge in [-0.2, -0.15) is 0 Å². The summed E-state index contributed by atoms with van der Waals surface area (Å²) in [6, 6.07) is 4.56. The molecule has 2 N–H and O–H groups in total. The van der Waals surface area contributed by atoms with Crippen molar-refractivity contribution in [1.82, 2.24) is 0 Å². The third kappa shape index (κ3) is 3.81. The first kappa shape index (κ1) is 13.0. The van der Waals surface area contributed by atoms with Gasteiger partial charge in [0.25, 0.3) is 0 Å². The van der Waals surface area contributed by atoms with Gasteiger partial charge in [0.1, 0.15) is 11.6 Å². The van der Waals surface area contributed by atoms with Crippen LogP contribution in [0.5, 0.6) is 5.75 Å². The average molecular weight is 225 g/mol. The van der Waals surface area contributed by atoms with Gasteiger partial charge >= 0.3 is 0 Å². The molecule has 0 aliphatic carbocycles. The number of rotatable bonds is 5. The number of aryl methyl sites for hydroxylation is 1. The monoisotopic (exact) mass is 225 g/mol. The van der Waals surface area contributed by atoms with Crippen molar-refractivity contribution < 1.29 is 9.13 Å². The minimum atomic E-state index is -0.230. The van der Waals surface area contributed by atoms with Crippen molar-refractivity contribution in [2.75, 3.05) is 13.2 Å². The topological polar surface area (TPSA) is 35.2 Å². The number of hydrogen-bond acceptors (Lipinski definition) is 2. The number of nitrogens with two attached hydrogens (primary N) is 1. The summed E-state index contributed by atoms with van der Waals surface area (Å²) in [4.78, 5) is 0. The SMILES string of the molecule is Cc1cc(F)ccc1OCCC(C)(C)CN. The summed E-state index contributed by atoms with van der Waals surface area (Å²) >= 11 is 0. The van der Waals surface area contributed by atoms with Gasteiger partial charge in [-0.1, -0.05) is 13.8 Å². The Morgan fingerprint density at radius 2 is 2.06 bits per heavy atom. The van der Waals surface area contributed by atoms with Crippen LogP contribution >= 0.6 is 0 Å². The lowest BCUT2D eigenvalue weighted by atomic mass is 9.90. The predicted molar refractivity (Wildman–Crippen MR) is 64.1 cm³/mol. The van der Waals surface area contributed by atoms with Crippen molar-refractivity contribution in [1.29, 1.82) is 0 Å². The molecule has 0 radical (unpaired) electrons. The molecule has 0 heterocycles. The highest BCUT2D eigenvalue weighted by molar-refractivity contribution is 5.32. The van der Waals surface area contributed by atoms with Gasteiger partial charge in [0.05, 0.1) is 6.61 Å². The van der Waals surface area contributed by atoms with Gasteiger partial charge < -0.3 is 10.5 Å². The van der Waals surface area contributed by atoms with Crippen LogP contribution in [0.25, 0.3) is 0 Å². The van der Waals surface area contributed by atoms with Gasteiger partial charge in [-0.3, -0.25) is 0 Å². The van der Waals surface area contributed by atoms with E-state index in [2.05, 4.69) is 13.8 Å². The molecule has 90 valence electrons. The number of hydrogen-bond donors (Lipinski definition) is 1. The Morgan fingerprint density at radius 1 is 1.38 bits per heavy atom. The largest absolute Gasteiger partial charge is 0.493 e. The van der Waals surface area contributed by atoms with Gasteiger partial charge in [0, 0.05) is 0 Å². The molecule has 0 amide bonds. The molecule has 0 saturated heterocycles. The van der Waals surface area contributed by atoms with Crippen LogP contribution in [-0.2, 0) is 0 Å². The maximum absolute atomic E-state index is 12.8. The van der Waals surface area contributed by atoms with Crippen LogP contribution in [0.3, 0.4) is 0 Å². The van der Waals surface area contributed by atoms with Crippen LogP contribution in [0.15, 0.2) is 18.2 Å². The third-order valence-electron chi connectivity index (χ3n) is 2.73. The summed E-state index contributed by atoms with van der Waals surface area (Å²) in [6.07, 6.45) is 0.889. The van der Waals surface area contributed by atoms with Gasteiger partial charge in [-0.05, 0) is 49.1 Å². The van der Waals surface area contributed by atoms with E-state index in [0.29, 0.717) is 13.2 Å². The summed E-state index contributed by atoms with van der Waals surface area (Å²) in [5.41, 5.74) is 6.55.